The molecule has 0 spiro atoms. The highest BCUT2D eigenvalue weighted by Crippen LogP contribution is 2.26. The van der Waals surface area contributed by atoms with Gasteiger partial charge in [-0.3, -0.25) is 4.79 Å². The van der Waals surface area contributed by atoms with E-state index in [1.54, 1.807) is 24.3 Å². The number of primary amides is 1. The molecule has 0 saturated heterocycles. The zero-order valence-electron chi connectivity index (χ0n) is 11.6. The number of hydrogen-bond acceptors (Lipinski definition) is 2. The molecule has 1 amide bonds. The van der Waals surface area contributed by atoms with E-state index in [2.05, 4.69) is 5.32 Å². The summed E-state index contributed by atoms with van der Waals surface area (Å²) in [4.78, 5) is 11.1. The van der Waals surface area contributed by atoms with Crippen molar-refractivity contribution < 1.29 is 9.18 Å². The highest BCUT2D eigenvalue weighted by atomic mass is 35.5. The molecule has 110 valence electrons. The van der Waals surface area contributed by atoms with Gasteiger partial charge in [0.05, 0.1) is 16.6 Å². The van der Waals surface area contributed by atoms with Crippen LogP contribution in [0.15, 0.2) is 42.5 Å². The lowest BCUT2D eigenvalue weighted by Crippen LogP contribution is -2.13. The van der Waals surface area contributed by atoms with Gasteiger partial charge in [-0.15, -0.1) is 0 Å². The Morgan fingerprint density at radius 1 is 1.33 bits per heavy atom. The van der Waals surface area contributed by atoms with Crippen LogP contribution >= 0.6 is 11.6 Å². The molecular formula is C16H16ClFN2O. The largest absolute Gasteiger partial charge is 0.378 e. The lowest BCUT2D eigenvalue weighted by molar-refractivity contribution is 0.100. The van der Waals surface area contributed by atoms with Gasteiger partial charge < -0.3 is 11.1 Å². The van der Waals surface area contributed by atoms with Gasteiger partial charge in [0.15, 0.2) is 0 Å². The van der Waals surface area contributed by atoms with E-state index in [1.165, 1.54) is 12.1 Å². The maximum atomic E-state index is 13.3. The van der Waals surface area contributed by atoms with E-state index in [4.69, 9.17) is 17.3 Å². The van der Waals surface area contributed by atoms with Crippen LogP contribution < -0.4 is 11.1 Å². The van der Waals surface area contributed by atoms with Gasteiger partial charge in [-0.05, 0) is 42.3 Å². The molecule has 21 heavy (non-hydrogen) atoms. The van der Waals surface area contributed by atoms with Crippen molar-refractivity contribution in [2.45, 2.75) is 19.4 Å². The second-order valence-corrected chi connectivity index (χ2v) is 5.13. The molecule has 2 aromatic rings. The topological polar surface area (TPSA) is 55.1 Å². The molecule has 5 heteroatoms. The summed E-state index contributed by atoms with van der Waals surface area (Å²) in [5, 5.41) is 3.57. The lowest BCUT2D eigenvalue weighted by Gasteiger charge is -2.19. The minimum absolute atomic E-state index is 0.0452. The van der Waals surface area contributed by atoms with Crippen LogP contribution in [0.3, 0.4) is 0 Å². The summed E-state index contributed by atoms with van der Waals surface area (Å²) < 4.78 is 13.3. The highest BCUT2D eigenvalue weighted by molar-refractivity contribution is 6.34. The van der Waals surface area contributed by atoms with Crippen molar-refractivity contribution in [3.8, 4) is 0 Å². The van der Waals surface area contributed by atoms with Crippen molar-refractivity contribution in [1.29, 1.82) is 0 Å². The van der Waals surface area contributed by atoms with Crippen LogP contribution in [0.5, 0.6) is 0 Å². The second kappa shape index (κ2) is 6.59. The normalized spacial score (nSPS) is 12.0. The molecule has 0 saturated carbocycles. The van der Waals surface area contributed by atoms with Crippen molar-refractivity contribution in [1.82, 2.24) is 0 Å². The fourth-order valence-electron chi connectivity index (χ4n) is 2.15. The number of nitrogens with one attached hydrogen (secondary N) is 1. The average Bonchev–Trinajstić information content (AvgIpc) is 2.44. The molecule has 0 bridgehead atoms. The van der Waals surface area contributed by atoms with Gasteiger partial charge >= 0.3 is 0 Å². The predicted octanol–water partition coefficient (Wildman–Crippen LogP) is 4.14. The van der Waals surface area contributed by atoms with Crippen LogP contribution in [0.4, 0.5) is 10.1 Å². The first-order valence-corrected chi connectivity index (χ1v) is 7.00. The maximum absolute atomic E-state index is 13.3. The molecule has 0 aromatic heterocycles. The van der Waals surface area contributed by atoms with Crippen LogP contribution in [0.25, 0.3) is 0 Å². The van der Waals surface area contributed by atoms with E-state index in [0.717, 1.165) is 17.7 Å². The number of hydrogen-bond donors (Lipinski definition) is 2. The predicted molar refractivity (Wildman–Crippen MR) is 83.0 cm³/mol. The second-order valence-electron chi connectivity index (χ2n) is 4.72. The summed E-state index contributed by atoms with van der Waals surface area (Å²) in [5.41, 5.74) is 7.10. The van der Waals surface area contributed by atoms with Gasteiger partial charge in [-0.2, -0.15) is 0 Å². The monoisotopic (exact) mass is 306 g/mol. The Morgan fingerprint density at radius 3 is 2.67 bits per heavy atom. The summed E-state index contributed by atoms with van der Waals surface area (Å²) in [6.07, 6.45) is 0.776. The average molecular weight is 307 g/mol. The van der Waals surface area contributed by atoms with Crippen molar-refractivity contribution in [3.05, 3.63) is 64.4 Å². The summed E-state index contributed by atoms with van der Waals surface area (Å²) in [5.74, 6) is -0.835. The molecule has 0 aliphatic carbocycles. The van der Waals surface area contributed by atoms with E-state index < -0.39 is 5.91 Å². The lowest BCUT2D eigenvalue weighted by atomic mass is 10.0. The number of carbonyl (C=O) groups excluding carboxylic acids is 1. The maximum Gasteiger partial charge on any atom is 0.250 e. The third kappa shape index (κ3) is 3.73. The first-order valence-electron chi connectivity index (χ1n) is 6.62. The Balaban J connectivity index is 2.23. The minimum Gasteiger partial charge on any atom is -0.378 e. The quantitative estimate of drug-likeness (QED) is 0.872. The van der Waals surface area contributed by atoms with E-state index in [9.17, 15) is 9.18 Å². The first-order chi connectivity index (χ1) is 10.0. The third-order valence-electron chi connectivity index (χ3n) is 3.23. The number of amides is 1. The van der Waals surface area contributed by atoms with E-state index in [0.29, 0.717) is 5.02 Å². The zero-order chi connectivity index (χ0) is 15.4. The number of benzene rings is 2. The van der Waals surface area contributed by atoms with E-state index in [1.807, 2.05) is 13.0 Å². The number of halogens is 2. The molecule has 2 rings (SSSR count). The van der Waals surface area contributed by atoms with Crippen LogP contribution in [-0.4, -0.2) is 5.91 Å². The van der Waals surface area contributed by atoms with Crippen LogP contribution in [-0.2, 0) is 0 Å². The van der Waals surface area contributed by atoms with Crippen molar-refractivity contribution in [3.63, 3.8) is 0 Å². The molecule has 0 radical (unpaired) electrons. The van der Waals surface area contributed by atoms with Gasteiger partial charge in [0.2, 0.25) is 5.91 Å². The summed E-state index contributed by atoms with van der Waals surface area (Å²) in [6.45, 7) is 2.00. The van der Waals surface area contributed by atoms with Gasteiger partial charge in [-0.25, -0.2) is 4.39 Å². The molecule has 0 aliphatic rings. The highest BCUT2D eigenvalue weighted by Gasteiger charge is 2.12. The Morgan fingerprint density at radius 2 is 2.10 bits per heavy atom. The van der Waals surface area contributed by atoms with Crippen LogP contribution in [0.1, 0.15) is 35.3 Å². The smallest absolute Gasteiger partial charge is 0.250 e. The number of anilines is 1. The molecule has 1 unspecified atom stereocenters. The SMILES string of the molecule is CCC(Nc1ccc(C(N)=O)c(Cl)c1)c1cccc(F)c1. The number of rotatable bonds is 5. The number of carbonyl (C=O) groups is 1. The summed E-state index contributed by atoms with van der Waals surface area (Å²) in [7, 11) is 0. The Labute approximate surface area is 127 Å². The molecule has 0 fully saturated rings. The van der Waals surface area contributed by atoms with Crippen LogP contribution in [0, 0.1) is 5.82 Å². The standard InChI is InChI=1S/C16H16ClFN2O/c1-2-15(10-4-3-5-11(18)8-10)20-12-6-7-13(16(19)21)14(17)9-12/h3-9,15,20H,2H2,1H3,(H2,19,21). The molecule has 3 N–H and O–H groups in total. The van der Waals surface area contributed by atoms with E-state index >= 15 is 0 Å². The molecule has 0 heterocycles. The van der Waals surface area contributed by atoms with Gasteiger partial charge in [-0.1, -0.05) is 30.7 Å². The number of nitrogens with two attached hydrogens (primary N) is 1. The Hall–Kier alpha value is -2.07. The van der Waals surface area contributed by atoms with Gasteiger partial charge in [0.25, 0.3) is 0 Å². The molecular weight excluding hydrogens is 291 g/mol. The van der Waals surface area contributed by atoms with Crippen LogP contribution in [0.2, 0.25) is 5.02 Å². The molecule has 2 aromatic carbocycles. The van der Waals surface area contributed by atoms with Crippen molar-refractivity contribution in [2.24, 2.45) is 5.73 Å². The Kier molecular flexibility index (Phi) is 4.81. The van der Waals surface area contributed by atoms with Crippen molar-refractivity contribution in [2.75, 3.05) is 5.32 Å². The third-order valence-corrected chi connectivity index (χ3v) is 3.55. The minimum atomic E-state index is -0.566. The first kappa shape index (κ1) is 15.3. The van der Waals surface area contributed by atoms with E-state index in [-0.39, 0.29) is 17.4 Å². The fourth-order valence-corrected chi connectivity index (χ4v) is 2.42. The molecule has 1 atom stereocenters. The fraction of sp³-hybridized carbons (Fsp3) is 0.188. The molecule has 0 aliphatic heterocycles. The summed E-state index contributed by atoms with van der Waals surface area (Å²) >= 11 is 6.02. The molecule has 3 nitrogen and oxygen atoms in total. The van der Waals surface area contributed by atoms with Gasteiger partial charge in [0, 0.05) is 5.69 Å². The van der Waals surface area contributed by atoms with Crippen molar-refractivity contribution >= 4 is 23.2 Å². The summed E-state index contributed by atoms with van der Waals surface area (Å²) in [6, 6.07) is 11.4. The zero-order valence-corrected chi connectivity index (χ0v) is 12.3. The van der Waals surface area contributed by atoms with Gasteiger partial charge in [0.1, 0.15) is 5.82 Å². The Bertz CT molecular complexity index is 660.